The summed E-state index contributed by atoms with van der Waals surface area (Å²) >= 11 is 0. The smallest absolute Gasteiger partial charge is 0.250 e. The van der Waals surface area contributed by atoms with Gasteiger partial charge in [0, 0.05) is 12.2 Å². The number of rotatable bonds is 10. The largest absolute Gasteiger partial charge is 0.394 e. The molecular weight excluding hydrogens is 578 g/mol. The van der Waals surface area contributed by atoms with Crippen molar-refractivity contribution in [2.24, 2.45) is 11.8 Å². The number of aliphatic hydroxyl groups excluding tert-OH is 1. The maximum Gasteiger partial charge on any atom is 0.250 e. The van der Waals surface area contributed by atoms with Crippen LogP contribution >= 0.6 is 0 Å². The second kappa shape index (κ2) is 12.0. The minimum atomic E-state index is -1.20. The van der Waals surface area contributed by atoms with Crippen LogP contribution in [0, 0.1) is 11.8 Å². The van der Waals surface area contributed by atoms with Crippen molar-refractivity contribution in [2.45, 2.75) is 62.4 Å². The summed E-state index contributed by atoms with van der Waals surface area (Å²) in [6, 6.07) is 31.2. The van der Waals surface area contributed by atoms with E-state index in [9.17, 15) is 19.5 Å². The summed E-state index contributed by atoms with van der Waals surface area (Å²) < 4.78 is 6.93. The summed E-state index contributed by atoms with van der Waals surface area (Å²) in [5.41, 5.74) is 0.435. The topological polar surface area (TPSA) is 108 Å². The van der Waals surface area contributed by atoms with Crippen LogP contribution in [0.15, 0.2) is 103 Å². The molecule has 7 rings (SSSR count). The van der Waals surface area contributed by atoms with Crippen molar-refractivity contribution in [2.75, 3.05) is 11.9 Å². The lowest BCUT2D eigenvalue weighted by atomic mass is 9.65. The Hall–Kier alpha value is -4.53. The zero-order valence-electron chi connectivity index (χ0n) is 25.9. The van der Waals surface area contributed by atoms with Crippen molar-refractivity contribution in [1.29, 1.82) is 0 Å². The van der Waals surface area contributed by atoms with E-state index in [1.165, 1.54) is 4.90 Å². The van der Waals surface area contributed by atoms with E-state index in [2.05, 4.69) is 10.6 Å². The van der Waals surface area contributed by atoms with Crippen LogP contribution in [0.4, 0.5) is 5.69 Å². The van der Waals surface area contributed by atoms with Crippen molar-refractivity contribution in [3.63, 3.8) is 0 Å². The SMILES string of the molecule is CC[C@@]12CCC3(O1)C(C(=O)Nc1ccc4ccccc4c1)N([C@@H](CO)Cc1ccccc1)C(=O)[C@@H]3[C@@H]2C(=O)NCc1ccccc1. The van der Waals surface area contributed by atoms with E-state index in [1.807, 2.05) is 110 Å². The first-order chi connectivity index (χ1) is 22.4. The molecule has 3 N–H and O–H groups in total. The Balaban J connectivity index is 1.26. The first kappa shape index (κ1) is 30.1. The lowest BCUT2D eigenvalue weighted by Gasteiger charge is -2.37. The van der Waals surface area contributed by atoms with Crippen molar-refractivity contribution in [3.8, 4) is 0 Å². The van der Waals surface area contributed by atoms with Crippen LogP contribution in [0.5, 0.6) is 0 Å². The average Bonchev–Trinajstić information content (AvgIpc) is 3.70. The number of anilines is 1. The van der Waals surface area contributed by atoms with E-state index in [-0.39, 0.29) is 24.3 Å². The third kappa shape index (κ3) is 4.96. The molecule has 3 heterocycles. The molecule has 0 aromatic heterocycles. The van der Waals surface area contributed by atoms with Crippen molar-refractivity contribution < 1.29 is 24.2 Å². The molecule has 4 aromatic rings. The fourth-order valence-electron chi connectivity index (χ4n) is 8.26. The molecule has 46 heavy (non-hydrogen) atoms. The number of hydrogen-bond donors (Lipinski definition) is 3. The van der Waals surface area contributed by atoms with Gasteiger partial charge in [-0.25, -0.2) is 0 Å². The monoisotopic (exact) mass is 617 g/mol. The highest BCUT2D eigenvalue weighted by atomic mass is 16.5. The highest BCUT2D eigenvalue weighted by Crippen LogP contribution is 2.64. The predicted molar refractivity (Wildman–Crippen MR) is 176 cm³/mol. The van der Waals surface area contributed by atoms with Gasteiger partial charge < -0.3 is 25.4 Å². The quantitative estimate of drug-likeness (QED) is 0.236. The van der Waals surface area contributed by atoms with Gasteiger partial charge in [0.05, 0.1) is 30.1 Å². The van der Waals surface area contributed by atoms with Crippen LogP contribution in [0.2, 0.25) is 0 Å². The van der Waals surface area contributed by atoms with Crippen LogP contribution in [0.3, 0.4) is 0 Å². The normalized spacial score (nSPS) is 27.0. The molecule has 3 amide bonds. The number of amides is 3. The molecule has 3 fully saturated rings. The number of nitrogens with zero attached hydrogens (tertiary/aromatic N) is 1. The van der Waals surface area contributed by atoms with Gasteiger partial charge in [-0.15, -0.1) is 0 Å². The Morgan fingerprint density at radius 1 is 0.891 bits per heavy atom. The number of ether oxygens (including phenoxy) is 1. The van der Waals surface area contributed by atoms with Crippen molar-refractivity contribution in [1.82, 2.24) is 10.2 Å². The number of carbonyl (C=O) groups is 3. The molecule has 6 atom stereocenters. The van der Waals surface area contributed by atoms with E-state index in [4.69, 9.17) is 4.74 Å². The second-order valence-corrected chi connectivity index (χ2v) is 12.9. The summed E-state index contributed by atoms with van der Waals surface area (Å²) in [5, 5.41) is 18.9. The van der Waals surface area contributed by atoms with Crippen molar-refractivity contribution in [3.05, 3.63) is 114 Å². The number of nitrogens with one attached hydrogen (secondary N) is 2. The van der Waals surface area contributed by atoms with Crippen LogP contribution in [-0.4, -0.2) is 57.6 Å². The lowest BCUT2D eigenvalue weighted by molar-refractivity contribution is -0.149. The van der Waals surface area contributed by atoms with Gasteiger partial charge in [-0.1, -0.05) is 97.9 Å². The van der Waals surface area contributed by atoms with Gasteiger partial charge in [0.1, 0.15) is 11.6 Å². The van der Waals surface area contributed by atoms with E-state index < -0.39 is 35.1 Å². The molecule has 2 unspecified atom stereocenters. The fourth-order valence-corrected chi connectivity index (χ4v) is 8.26. The molecule has 3 aliphatic heterocycles. The third-order valence-electron chi connectivity index (χ3n) is 10.4. The van der Waals surface area contributed by atoms with E-state index in [1.54, 1.807) is 0 Å². The minimum absolute atomic E-state index is 0.246. The van der Waals surface area contributed by atoms with Gasteiger partial charge in [-0.05, 0) is 59.7 Å². The van der Waals surface area contributed by atoms with E-state index >= 15 is 0 Å². The van der Waals surface area contributed by atoms with Gasteiger partial charge in [0.2, 0.25) is 17.7 Å². The Bertz CT molecular complexity index is 1760. The zero-order chi connectivity index (χ0) is 31.9. The number of likely N-dealkylation sites (tertiary alicyclic amines) is 1. The molecule has 1 spiro atoms. The molecule has 0 saturated carbocycles. The summed E-state index contributed by atoms with van der Waals surface area (Å²) in [6.45, 7) is 1.97. The molecular formula is C38H39N3O5. The van der Waals surface area contributed by atoms with E-state index in [0.717, 1.165) is 21.9 Å². The van der Waals surface area contributed by atoms with Crippen LogP contribution in [0.1, 0.15) is 37.3 Å². The molecule has 236 valence electrons. The van der Waals surface area contributed by atoms with Gasteiger partial charge in [-0.3, -0.25) is 14.4 Å². The number of fused-ring (bicyclic) bond motifs is 2. The molecule has 0 radical (unpaired) electrons. The van der Waals surface area contributed by atoms with Crippen LogP contribution < -0.4 is 10.6 Å². The fraction of sp³-hybridized carbons (Fsp3) is 0.342. The first-order valence-corrected chi connectivity index (χ1v) is 16.2. The summed E-state index contributed by atoms with van der Waals surface area (Å²) in [4.78, 5) is 44.9. The van der Waals surface area contributed by atoms with Crippen LogP contribution in [0.25, 0.3) is 10.8 Å². The van der Waals surface area contributed by atoms with Crippen molar-refractivity contribution >= 4 is 34.2 Å². The molecule has 3 aliphatic rings. The standard InChI is InChI=1S/C38H39N3O5/c1-2-37-19-20-38(46-37)32(31(37)34(43)39-23-26-13-7-4-8-14-26)36(45)41(30(24-42)21-25-11-5-3-6-12-25)33(38)35(44)40-29-18-17-27-15-9-10-16-28(27)22-29/h3-18,22,30-33,42H,2,19-21,23-24H2,1H3,(H,39,43)(H,40,44)/t30-,31-,32+,33?,37+,38?/m1/s1. The number of aliphatic hydroxyl groups is 1. The number of carbonyl (C=O) groups excluding carboxylic acids is 3. The summed E-state index contributed by atoms with van der Waals surface area (Å²) in [6.07, 6.45) is 1.92. The molecule has 3 saturated heterocycles. The number of benzene rings is 4. The summed E-state index contributed by atoms with van der Waals surface area (Å²) in [7, 11) is 0. The highest BCUT2D eigenvalue weighted by Gasteiger charge is 2.79. The predicted octanol–water partition coefficient (Wildman–Crippen LogP) is 4.85. The molecule has 8 heteroatoms. The maximum atomic E-state index is 14.7. The second-order valence-electron chi connectivity index (χ2n) is 12.9. The zero-order valence-corrected chi connectivity index (χ0v) is 25.9. The van der Waals surface area contributed by atoms with Gasteiger partial charge in [0.15, 0.2) is 0 Å². The Kier molecular flexibility index (Phi) is 7.87. The Morgan fingerprint density at radius 3 is 2.26 bits per heavy atom. The lowest BCUT2D eigenvalue weighted by Crippen LogP contribution is -2.57. The maximum absolute atomic E-state index is 14.7. The number of hydrogen-bond acceptors (Lipinski definition) is 5. The Morgan fingerprint density at radius 2 is 1.57 bits per heavy atom. The highest BCUT2D eigenvalue weighted by molar-refractivity contribution is 6.04. The Labute approximate surface area is 268 Å². The van der Waals surface area contributed by atoms with Gasteiger partial charge >= 0.3 is 0 Å². The molecule has 8 nitrogen and oxygen atoms in total. The van der Waals surface area contributed by atoms with Gasteiger partial charge in [0.25, 0.3) is 0 Å². The average molecular weight is 618 g/mol. The minimum Gasteiger partial charge on any atom is -0.394 e. The molecule has 2 bridgehead atoms. The van der Waals surface area contributed by atoms with Gasteiger partial charge in [-0.2, -0.15) is 0 Å². The van der Waals surface area contributed by atoms with Crippen LogP contribution in [-0.2, 0) is 32.1 Å². The molecule has 4 aromatic carbocycles. The molecule has 0 aliphatic carbocycles. The summed E-state index contributed by atoms with van der Waals surface area (Å²) in [5.74, 6) is -2.56. The third-order valence-corrected chi connectivity index (χ3v) is 10.4. The first-order valence-electron chi connectivity index (χ1n) is 16.2. The van der Waals surface area contributed by atoms with E-state index in [0.29, 0.717) is 37.9 Å².